The SMILES string of the molecule is Cn1cc2c(c1C(=O)Nc1ccc(F)c(Cl)c1)CC[C@H]2NC(=O)OCc1nc[nH]n1. The number of aryl methyl sites for hydroxylation is 1. The Morgan fingerprint density at radius 3 is 3.00 bits per heavy atom. The molecule has 0 saturated carbocycles. The minimum absolute atomic E-state index is 0.0441. The zero-order chi connectivity index (χ0) is 21.3. The van der Waals surface area contributed by atoms with Crippen LogP contribution in [0.15, 0.2) is 30.7 Å². The lowest BCUT2D eigenvalue weighted by molar-refractivity contribution is 0.101. The Bertz CT molecular complexity index is 1100. The Labute approximate surface area is 175 Å². The number of nitrogens with one attached hydrogen (secondary N) is 3. The number of fused-ring (bicyclic) bond motifs is 1. The Balaban J connectivity index is 1.44. The summed E-state index contributed by atoms with van der Waals surface area (Å²) in [7, 11) is 1.75. The highest BCUT2D eigenvalue weighted by Gasteiger charge is 2.31. The van der Waals surface area contributed by atoms with Crippen LogP contribution in [0.4, 0.5) is 14.9 Å². The van der Waals surface area contributed by atoms with Crippen LogP contribution in [-0.4, -0.2) is 31.7 Å². The maximum absolute atomic E-state index is 13.3. The van der Waals surface area contributed by atoms with Crippen LogP contribution in [0, 0.1) is 5.82 Å². The van der Waals surface area contributed by atoms with Crippen molar-refractivity contribution in [3.63, 3.8) is 0 Å². The molecule has 0 spiro atoms. The number of carbonyl (C=O) groups excluding carboxylic acids is 2. The number of aromatic amines is 1. The van der Waals surface area contributed by atoms with Crippen LogP contribution in [0.1, 0.15) is 39.9 Å². The molecule has 2 aromatic heterocycles. The number of anilines is 1. The molecule has 30 heavy (non-hydrogen) atoms. The molecule has 156 valence electrons. The van der Waals surface area contributed by atoms with E-state index in [2.05, 4.69) is 25.8 Å². The first-order valence-electron chi connectivity index (χ1n) is 9.15. The maximum atomic E-state index is 13.3. The predicted molar refractivity (Wildman–Crippen MR) is 106 cm³/mol. The second kappa shape index (κ2) is 8.15. The quantitative estimate of drug-likeness (QED) is 0.573. The summed E-state index contributed by atoms with van der Waals surface area (Å²) in [5.74, 6) is -0.524. The third-order valence-electron chi connectivity index (χ3n) is 4.86. The van der Waals surface area contributed by atoms with Crippen LogP contribution in [0.25, 0.3) is 0 Å². The monoisotopic (exact) mass is 432 g/mol. The van der Waals surface area contributed by atoms with Gasteiger partial charge in [0.2, 0.25) is 0 Å². The normalized spacial score (nSPS) is 15.0. The van der Waals surface area contributed by atoms with E-state index >= 15 is 0 Å². The highest BCUT2D eigenvalue weighted by molar-refractivity contribution is 6.31. The molecule has 0 aliphatic heterocycles. The molecular weight excluding hydrogens is 415 g/mol. The summed E-state index contributed by atoms with van der Waals surface area (Å²) in [6, 6.07) is 3.72. The van der Waals surface area contributed by atoms with Crippen LogP contribution in [0.5, 0.6) is 0 Å². The van der Waals surface area contributed by atoms with Crippen molar-refractivity contribution < 1.29 is 18.7 Å². The second-order valence-electron chi connectivity index (χ2n) is 6.83. The number of alkyl carbamates (subject to hydrolysis) is 1. The third-order valence-corrected chi connectivity index (χ3v) is 5.15. The number of nitrogens with zero attached hydrogens (tertiary/aromatic N) is 3. The maximum Gasteiger partial charge on any atom is 0.408 e. The van der Waals surface area contributed by atoms with Gasteiger partial charge in [0.15, 0.2) is 12.4 Å². The first kappa shape index (κ1) is 19.9. The molecule has 4 rings (SSSR count). The van der Waals surface area contributed by atoms with Crippen molar-refractivity contribution in [2.24, 2.45) is 7.05 Å². The first-order valence-corrected chi connectivity index (χ1v) is 9.52. The first-order chi connectivity index (χ1) is 14.4. The molecule has 1 aromatic carbocycles. The van der Waals surface area contributed by atoms with E-state index in [1.807, 2.05) is 6.20 Å². The smallest absolute Gasteiger partial charge is 0.408 e. The van der Waals surface area contributed by atoms with Crippen LogP contribution in [-0.2, 0) is 24.8 Å². The van der Waals surface area contributed by atoms with Crippen LogP contribution in [0.2, 0.25) is 5.02 Å². The Kier molecular flexibility index (Phi) is 5.40. The molecule has 0 unspecified atom stereocenters. The predicted octanol–water partition coefficient (Wildman–Crippen LogP) is 3.10. The Morgan fingerprint density at radius 2 is 2.27 bits per heavy atom. The van der Waals surface area contributed by atoms with Gasteiger partial charge in [0, 0.05) is 18.9 Å². The molecule has 9 nitrogen and oxygen atoms in total. The van der Waals surface area contributed by atoms with E-state index in [0.717, 1.165) is 11.1 Å². The van der Waals surface area contributed by atoms with Gasteiger partial charge in [-0.05, 0) is 42.2 Å². The van der Waals surface area contributed by atoms with Crippen LogP contribution in [0.3, 0.4) is 0 Å². The van der Waals surface area contributed by atoms with Gasteiger partial charge in [-0.15, -0.1) is 0 Å². The zero-order valence-corrected chi connectivity index (χ0v) is 16.7. The number of amides is 2. The van der Waals surface area contributed by atoms with Crippen LogP contribution >= 0.6 is 11.6 Å². The van der Waals surface area contributed by atoms with E-state index < -0.39 is 11.9 Å². The molecule has 1 aliphatic rings. The van der Waals surface area contributed by atoms with Gasteiger partial charge in [-0.2, -0.15) is 5.10 Å². The fourth-order valence-electron chi connectivity index (χ4n) is 3.54. The van der Waals surface area contributed by atoms with Crippen molar-refractivity contribution in [2.45, 2.75) is 25.5 Å². The van der Waals surface area contributed by atoms with Crippen LogP contribution < -0.4 is 10.6 Å². The molecule has 2 heterocycles. The van der Waals surface area contributed by atoms with Crippen molar-refractivity contribution in [3.8, 4) is 0 Å². The molecule has 0 radical (unpaired) electrons. The summed E-state index contributed by atoms with van der Waals surface area (Å²) in [6.45, 7) is -0.0441. The summed E-state index contributed by atoms with van der Waals surface area (Å²) < 4.78 is 20.2. The number of carbonyl (C=O) groups is 2. The molecule has 1 aliphatic carbocycles. The number of rotatable bonds is 5. The van der Waals surface area contributed by atoms with E-state index in [-0.39, 0.29) is 23.6 Å². The highest BCUT2D eigenvalue weighted by atomic mass is 35.5. The number of benzene rings is 1. The number of ether oxygens (including phenoxy) is 1. The number of halogens is 2. The topological polar surface area (TPSA) is 114 Å². The largest absolute Gasteiger partial charge is 0.441 e. The molecule has 2 amide bonds. The number of H-pyrrole nitrogens is 1. The fourth-order valence-corrected chi connectivity index (χ4v) is 3.72. The van der Waals surface area contributed by atoms with Crippen molar-refractivity contribution in [1.82, 2.24) is 25.1 Å². The minimum atomic E-state index is -0.589. The van der Waals surface area contributed by atoms with E-state index in [1.165, 1.54) is 24.5 Å². The summed E-state index contributed by atoms with van der Waals surface area (Å²) in [5, 5.41) is 11.8. The standard InChI is InChI=1S/C19H18ClFN6O3/c1-27-7-12-11(17(27)18(28)24-10-2-4-14(21)13(20)6-10)3-5-15(12)25-19(29)30-8-16-22-9-23-26-16/h2,4,6-7,9,15H,3,5,8H2,1H3,(H,24,28)(H,25,29)(H,22,23,26)/t15-/m1/s1. The second-order valence-corrected chi connectivity index (χ2v) is 7.24. The van der Waals surface area contributed by atoms with Gasteiger partial charge >= 0.3 is 6.09 Å². The van der Waals surface area contributed by atoms with Gasteiger partial charge in [-0.1, -0.05) is 11.6 Å². The van der Waals surface area contributed by atoms with E-state index in [9.17, 15) is 14.0 Å². The Hall–Kier alpha value is -3.40. The van der Waals surface area contributed by atoms with E-state index in [4.69, 9.17) is 16.3 Å². The summed E-state index contributed by atoms with van der Waals surface area (Å²) in [6.07, 6.45) is 3.89. The number of hydrogen-bond donors (Lipinski definition) is 3. The van der Waals surface area contributed by atoms with Crippen molar-refractivity contribution >= 4 is 29.3 Å². The van der Waals surface area contributed by atoms with Gasteiger partial charge < -0.3 is 19.9 Å². The van der Waals surface area contributed by atoms with E-state index in [0.29, 0.717) is 30.0 Å². The van der Waals surface area contributed by atoms with Gasteiger partial charge in [0.25, 0.3) is 5.91 Å². The van der Waals surface area contributed by atoms with Gasteiger partial charge in [-0.3, -0.25) is 9.89 Å². The van der Waals surface area contributed by atoms with Crippen molar-refractivity contribution in [3.05, 3.63) is 64.2 Å². The lowest BCUT2D eigenvalue weighted by Gasteiger charge is -2.12. The van der Waals surface area contributed by atoms with E-state index in [1.54, 1.807) is 11.6 Å². The molecule has 3 aromatic rings. The molecule has 1 atom stereocenters. The summed E-state index contributed by atoms with van der Waals surface area (Å²) in [5.41, 5.74) is 2.57. The summed E-state index contributed by atoms with van der Waals surface area (Å²) >= 11 is 5.78. The average Bonchev–Trinajstić information content (AvgIpc) is 3.41. The molecule has 11 heteroatoms. The third kappa shape index (κ3) is 3.99. The molecule has 0 saturated heterocycles. The zero-order valence-electron chi connectivity index (χ0n) is 15.9. The number of aromatic nitrogens is 4. The van der Waals surface area contributed by atoms with Crippen molar-refractivity contribution in [2.75, 3.05) is 5.32 Å². The van der Waals surface area contributed by atoms with Crippen molar-refractivity contribution in [1.29, 1.82) is 0 Å². The Morgan fingerprint density at radius 1 is 1.43 bits per heavy atom. The molecule has 0 bridgehead atoms. The number of hydrogen-bond acceptors (Lipinski definition) is 5. The highest BCUT2D eigenvalue weighted by Crippen LogP contribution is 2.35. The fraction of sp³-hybridized carbons (Fsp3) is 0.263. The lowest BCUT2D eigenvalue weighted by atomic mass is 10.1. The summed E-state index contributed by atoms with van der Waals surface area (Å²) in [4.78, 5) is 28.8. The average molecular weight is 433 g/mol. The molecule has 3 N–H and O–H groups in total. The van der Waals surface area contributed by atoms with Gasteiger partial charge in [-0.25, -0.2) is 14.2 Å². The van der Waals surface area contributed by atoms with Gasteiger partial charge in [0.05, 0.1) is 11.1 Å². The van der Waals surface area contributed by atoms with Gasteiger partial charge in [0.1, 0.15) is 17.8 Å². The molecular formula is C19H18ClFN6O3. The lowest BCUT2D eigenvalue weighted by Crippen LogP contribution is -2.27. The molecule has 0 fully saturated rings. The minimum Gasteiger partial charge on any atom is -0.441 e.